The Morgan fingerprint density at radius 2 is 2.19 bits per heavy atom. The third kappa shape index (κ3) is 4.92. The topological polar surface area (TPSA) is 138 Å². The van der Waals surface area contributed by atoms with Crippen molar-refractivity contribution in [3.8, 4) is 0 Å². The zero-order valence-corrected chi connectivity index (χ0v) is 20.3. The van der Waals surface area contributed by atoms with Crippen LogP contribution in [-0.4, -0.2) is 83.6 Å². The molecule has 2 aliphatic rings. The molecule has 10 nitrogen and oxygen atoms in total. The number of hydrogen-bond donors (Lipinski definition) is 4. The van der Waals surface area contributed by atoms with E-state index in [1.54, 1.807) is 6.92 Å². The van der Waals surface area contributed by atoms with Crippen molar-refractivity contribution in [2.45, 2.75) is 74.5 Å². The number of benzene rings is 1. The molecule has 2 saturated carbocycles. The number of nitrogens with zero attached hydrogens (tertiary/aromatic N) is 5. The highest BCUT2D eigenvalue weighted by Crippen LogP contribution is 2.44. The fourth-order valence-electron chi connectivity index (χ4n) is 4.23. The first kappa shape index (κ1) is 18.0. The van der Waals surface area contributed by atoms with Crippen LogP contribution in [0.4, 0.5) is 10.2 Å². The zero-order chi connectivity index (χ0) is 31.7. The van der Waals surface area contributed by atoms with Crippen molar-refractivity contribution in [2.24, 2.45) is 0 Å². The molecule has 0 spiro atoms. The van der Waals surface area contributed by atoms with Crippen LogP contribution in [0.25, 0.3) is 11.2 Å². The lowest BCUT2D eigenvalue weighted by Gasteiger charge is -2.17. The lowest BCUT2D eigenvalue weighted by Crippen LogP contribution is -2.33. The van der Waals surface area contributed by atoms with E-state index in [0.717, 1.165) is 13.0 Å². The third-order valence-electron chi connectivity index (χ3n) is 6.15. The third-order valence-corrected chi connectivity index (χ3v) is 6.82. The van der Waals surface area contributed by atoms with Crippen molar-refractivity contribution < 1.29 is 34.0 Å². The first-order valence-electron chi connectivity index (χ1n) is 14.9. The predicted octanol–water partition coefficient (Wildman–Crippen LogP) is 2.18. The van der Waals surface area contributed by atoms with Crippen LogP contribution >= 0.6 is 11.8 Å². The van der Waals surface area contributed by atoms with Gasteiger partial charge in [-0.05, 0) is 36.9 Å². The lowest BCUT2D eigenvalue weighted by atomic mass is 10.1. The van der Waals surface area contributed by atoms with Gasteiger partial charge in [0.2, 0.25) is 0 Å². The second-order valence-electron chi connectivity index (χ2n) is 8.53. The van der Waals surface area contributed by atoms with Crippen LogP contribution in [0, 0.1) is 12.7 Å². The molecule has 1 aromatic carbocycles. The molecule has 2 aliphatic carbocycles. The highest BCUT2D eigenvalue weighted by atomic mass is 32.2. The fraction of sp³-hybridized carbons (Fsp3) is 0.583. The van der Waals surface area contributed by atoms with Crippen LogP contribution in [0.2, 0.25) is 0 Å². The predicted molar refractivity (Wildman–Crippen MR) is 133 cm³/mol. The molecular weight excluding hydrogens is 487 g/mol. The summed E-state index contributed by atoms with van der Waals surface area (Å²) in [6, 6.07) is 1.85. The highest BCUT2D eigenvalue weighted by Gasteiger charge is 2.45. The second-order valence-corrected chi connectivity index (χ2v) is 9.30. The smallest absolute Gasteiger partial charge is 0.191 e. The summed E-state index contributed by atoms with van der Waals surface area (Å²) in [5.74, 6) is -2.66. The Hall–Kier alpha value is -2.38. The molecule has 4 N–H and O–H groups in total. The average Bonchev–Trinajstić information content (AvgIpc) is 3.23. The summed E-state index contributed by atoms with van der Waals surface area (Å²) in [6.07, 6.45) is -8.04. The fourth-order valence-corrected chi connectivity index (χ4v) is 4.69. The van der Waals surface area contributed by atoms with Gasteiger partial charge in [-0.25, -0.2) is 19.0 Å². The molecule has 2 aromatic heterocycles. The van der Waals surface area contributed by atoms with Gasteiger partial charge >= 0.3 is 0 Å². The van der Waals surface area contributed by atoms with Gasteiger partial charge in [0.05, 0.1) is 25.4 Å². The van der Waals surface area contributed by atoms with E-state index in [2.05, 4.69) is 25.6 Å². The molecule has 0 radical (unpaired) electrons. The Morgan fingerprint density at radius 3 is 2.94 bits per heavy atom. The molecule has 2 fully saturated rings. The summed E-state index contributed by atoms with van der Waals surface area (Å²) < 4.78 is 79.3. The van der Waals surface area contributed by atoms with Crippen LogP contribution in [0.15, 0.2) is 23.4 Å². The van der Waals surface area contributed by atoms with Gasteiger partial charge in [0.1, 0.15) is 18.0 Å². The van der Waals surface area contributed by atoms with Gasteiger partial charge in [0, 0.05) is 33.7 Å². The molecular formula is C24H31FN6O4S. The minimum absolute atomic E-state index is 0.0222. The summed E-state index contributed by atoms with van der Waals surface area (Å²) in [4.78, 5) is 8.64. The van der Waals surface area contributed by atoms with E-state index < -0.39 is 60.6 Å². The van der Waals surface area contributed by atoms with Gasteiger partial charge < -0.3 is 25.4 Å². The molecule has 0 bridgehead atoms. The summed E-state index contributed by atoms with van der Waals surface area (Å²) in [6.45, 7) is 2.23. The molecule has 6 atom stereocenters. The number of anilines is 1. The molecule has 3 aromatic rings. The van der Waals surface area contributed by atoms with Gasteiger partial charge in [-0.3, -0.25) is 0 Å². The van der Waals surface area contributed by atoms with Crippen molar-refractivity contribution in [1.29, 1.82) is 0 Å². The molecule has 2 heterocycles. The molecule has 36 heavy (non-hydrogen) atoms. The van der Waals surface area contributed by atoms with Crippen molar-refractivity contribution in [1.82, 2.24) is 25.0 Å². The minimum atomic E-state index is -2.52. The first-order valence-corrected chi connectivity index (χ1v) is 12.2. The molecule has 194 valence electrons. The van der Waals surface area contributed by atoms with E-state index in [-0.39, 0.29) is 47.3 Å². The van der Waals surface area contributed by atoms with Crippen LogP contribution in [-0.2, 0) is 4.74 Å². The number of ether oxygens (including phenoxy) is 1. The van der Waals surface area contributed by atoms with Gasteiger partial charge in [-0.2, -0.15) is 0 Å². The number of aryl methyl sites for hydroxylation is 1. The number of rotatable bonds is 10. The van der Waals surface area contributed by atoms with Crippen LogP contribution in [0.1, 0.15) is 58.7 Å². The number of aliphatic hydroxyl groups excluding tert-OH is 3. The van der Waals surface area contributed by atoms with Crippen molar-refractivity contribution >= 4 is 28.7 Å². The van der Waals surface area contributed by atoms with Crippen molar-refractivity contribution in [2.75, 3.05) is 24.2 Å². The number of fused-ring (bicyclic) bond motifs is 1. The number of aliphatic hydroxyl groups is 3. The van der Waals surface area contributed by atoms with E-state index in [0.29, 0.717) is 17.3 Å². The maximum atomic E-state index is 14.4. The summed E-state index contributed by atoms with van der Waals surface area (Å²) in [5.41, 5.74) is -2.15. The molecule has 0 aliphatic heterocycles. The Balaban J connectivity index is 1.57. The summed E-state index contributed by atoms with van der Waals surface area (Å²) in [5, 5.41) is 41.2. The lowest BCUT2D eigenvalue weighted by molar-refractivity contribution is -0.0629. The molecule has 0 amide bonds. The Bertz CT molecular complexity index is 1530. The summed E-state index contributed by atoms with van der Waals surface area (Å²) in [7, 11) is 0. The summed E-state index contributed by atoms with van der Waals surface area (Å²) >= 11 is 0.369. The molecule has 0 unspecified atom stereocenters. The largest absolute Gasteiger partial charge is 0.394 e. The van der Waals surface area contributed by atoms with Gasteiger partial charge in [0.25, 0.3) is 0 Å². The van der Waals surface area contributed by atoms with E-state index in [1.165, 1.54) is 16.8 Å². The van der Waals surface area contributed by atoms with Gasteiger partial charge in [0.15, 0.2) is 22.1 Å². The molecule has 12 heteroatoms. The standard InChI is InChI=1S/C24H31FN6O4S/c1-3-8-36-24-27-22(26-16-10-14(16)13-5-4-12(2)15(25)9-13)19-23(28-24)31(30-29-19)17-11-18(35-7-6-32)21(34)20(17)33/h4-5,9,14,16-18,20-21,32-34H,3,6-8,10-11H2,1-2H3,(H,26,27,28)/t14-,16+,17+,18-,20-,21+/m0/s1/i3D2,8D2,10D2,14D. The first-order chi connectivity index (χ1) is 19.9. The number of aromatic nitrogens is 5. The normalized spacial score (nSPS) is 34.7. The number of halogens is 1. The Labute approximate surface area is 222 Å². The van der Waals surface area contributed by atoms with Crippen LogP contribution in [0.3, 0.4) is 0 Å². The Morgan fingerprint density at radius 1 is 1.36 bits per heavy atom. The minimum Gasteiger partial charge on any atom is -0.394 e. The maximum absolute atomic E-state index is 14.4. The molecule has 0 saturated heterocycles. The number of hydrogen-bond acceptors (Lipinski definition) is 10. The van der Waals surface area contributed by atoms with Crippen LogP contribution < -0.4 is 5.32 Å². The van der Waals surface area contributed by atoms with Crippen LogP contribution in [0.5, 0.6) is 0 Å². The SMILES string of the molecule is [2H]C([2H])(C)C([2H])([2H])Sc1nc(N[C@@H]2C([2H])([2H])[C@@]2([2H])c2ccc(C)c(F)c2)c2nnn([C@@H]3C[C@H](OCCO)[C@@H](O)[C@H]3O)c2n1. The van der Waals surface area contributed by atoms with E-state index >= 15 is 0 Å². The number of thioether (sulfide) groups is 1. The zero-order valence-electron chi connectivity index (χ0n) is 26.5. The average molecular weight is 526 g/mol. The van der Waals surface area contributed by atoms with E-state index in [1.807, 2.05) is 0 Å². The van der Waals surface area contributed by atoms with E-state index in [4.69, 9.17) is 19.4 Å². The van der Waals surface area contributed by atoms with Crippen molar-refractivity contribution in [3.05, 3.63) is 35.1 Å². The second kappa shape index (κ2) is 10.5. The van der Waals surface area contributed by atoms with Gasteiger partial charge in [-0.15, -0.1) is 5.10 Å². The number of nitrogens with one attached hydrogen (secondary N) is 1. The van der Waals surface area contributed by atoms with Gasteiger partial charge in [-0.1, -0.05) is 36.0 Å². The van der Waals surface area contributed by atoms with Crippen molar-refractivity contribution in [3.63, 3.8) is 0 Å². The monoisotopic (exact) mass is 525 g/mol. The molecule has 5 rings (SSSR count). The Kier molecular flexibility index (Phi) is 5.26. The van der Waals surface area contributed by atoms with E-state index in [9.17, 15) is 14.6 Å². The maximum Gasteiger partial charge on any atom is 0.191 e. The quantitative estimate of drug-likeness (QED) is 0.230. The highest BCUT2D eigenvalue weighted by molar-refractivity contribution is 7.99.